The number of aryl methyl sites for hydroxylation is 1. The first-order chi connectivity index (χ1) is 13.9. The normalized spacial score (nSPS) is 14.5. The lowest BCUT2D eigenvalue weighted by molar-refractivity contribution is 0.0748. The van der Waals surface area contributed by atoms with Gasteiger partial charge >= 0.3 is 0 Å². The Morgan fingerprint density at radius 2 is 1.72 bits per heavy atom. The Morgan fingerprint density at radius 3 is 2.41 bits per heavy atom. The van der Waals surface area contributed by atoms with Crippen LogP contribution in [0.1, 0.15) is 33.2 Å². The number of amides is 1. The van der Waals surface area contributed by atoms with E-state index in [0.717, 1.165) is 13.1 Å². The van der Waals surface area contributed by atoms with Crippen molar-refractivity contribution in [1.29, 1.82) is 0 Å². The van der Waals surface area contributed by atoms with Crippen LogP contribution in [0.4, 0.5) is 10.1 Å². The van der Waals surface area contributed by atoms with E-state index < -0.39 is 5.82 Å². The Hall–Kier alpha value is -3.15. The van der Waals surface area contributed by atoms with E-state index in [1.807, 2.05) is 0 Å². The molecule has 1 amide bonds. The number of aromatic nitrogens is 1. The second-order valence-corrected chi connectivity index (χ2v) is 7.59. The maximum Gasteiger partial charge on any atom is 0.256 e. The Labute approximate surface area is 169 Å². The fraction of sp³-hybridized carbons (Fsp3) is 0.304. The van der Waals surface area contributed by atoms with Crippen molar-refractivity contribution in [2.45, 2.75) is 20.8 Å². The Bertz CT molecular complexity index is 1110. The third-order valence-corrected chi connectivity index (χ3v) is 5.82. The van der Waals surface area contributed by atoms with Crippen LogP contribution in [0.5, 0.6) is 0 Å². The van der Waals surface area contributed by atoms with Crippen molar-refractivity contribution < 1.29 is 14.0 Å². The van der Waals surface area contributed by atoms with Gasteiger partial charge in [-0.15, -0.1) is 0 Å². The van der Waals surface area contributed by atoms with Gasteiger partial charge in [-0.05, 0) is 49.2 Å². The van der Waals surface area contributed by atoms with E-state index >= 15 is 0 Å². The Morgan fingerprint density at radius 1 is 1.00 bits per heavy atom. The van der Waals surface area contributed by atoms with Gasteiger partial charge in [-0.1, -0.05) is 12.1 Å². The molecule has 150 valence electrons. The van der Waals surface area contributed by atoms with Crippen LogP contribution in [0.25, 0.3) is 10.9 Å². The topological polar surface area (TPSA) is 45.6 Å². The number of piperazine rings is 1. The molecule has 1 aromatic heterocycles. The van der Waals surface area contributed by atoms with E-state index in [1.165, 1.54) is 46.6 Å². The molecule has 1 aliphatic heterocycles. The van der Waals surface area contributed by atoms with Gasteiger partial charge in [0.05, 0.1) is 11.1 Å². The fourth-order valence-electron chi connectivity index (χ4n) is 4.03. The molecule has 0 bridgehead atoms. The molecule has 0 radical (unpaired) electrons. The van der Waals surface area contributed by atoms with Crippen LogP contribution in [-0.2, 0) is 0 Å². The second kappa shape index (κ2) is 7.35. The quantitative estimate of drug-likeness (QED) is 0.661. The van der Waals surface area contributed by atoms with Crippen molar-refractivity contribution >= 4 is 28.4 Å². The van der Waals surface area contributed by atoms with Crippen molar-refractivity contribution in [3.63, 3.8) is 0 Å². The van der Waals surface area contributed by atoms with E-state index in [2.05, 4.69) is 36.9 Å². The summed E-state index contributed by atoms with van der Waals surface area (Å²) in [6.07, 6.45) is 1.53. The minimum atomic E-state index is -0.424. The highest BCUT2D eigenvalue weighted by Crippen LogP contribution is 2.27. The average Bonchev–Trinajstić information content (AvgIpc) is 3.08. The Kier molecular flexibility index (Phi) is 4.86. The molecule has 2 aromatic carbocycles. The van der Waals surface area contributed by atoms with E-state index in [0.29, 0.717) is 29.6 Å². The number of hydrogen-bond donors (Lipinski definition) is 0. The molecule has 29 heavy (non-hydrogen) atoms. The lowest BCUT2D eigenvalue weighted by Gasteiger charge is -2.37. The zero-order valence-electron chi connectivity index (χ0n) is 16.9. The van der Waals surface area contributed by atoms with Gasteiger partial charge in [0.15, 0.2) is 0 Å². The zero-order chi connectivity index (χ0) is 20.7. The van der Waals surface area contributed by atoms with Gasteiger partial charge in [-0.25, -0.2) is 4.39 Å². The van der Waals surface area contributed by atoms with Gasteiger partial charge in [0.1, 0.15) is 5.82 Å². The maximum absolute atomic E-state index is 13.8. The Balaban J connectivity index is 1.58. The number of nitrogens with zero attached hydrogens (tertiary/aromatic N) is 3. The molecule has 1 fully saturated rings. The van der Waals surface area contributed by atoms with Gasteiger partial charge in [0.25, 0.3) is 5.91 Å². The highest BCUT2D eigenvalue weighted by atomic mass is 19.1. The molecule has 0 spiro atoms. The number of fused-ring (bicyclic) bond motifs is 1. The molecule has 1 aliphatic rings. The first-order valence-electron chi connectivity index (χ1n) is 9.79. The second-order valence-electron chi connectivity index (χ2n) is 7.59. The summed E-state index contributed by atoms with van der Waals surface area (Å²) in [6.45, 7) is 8.27. The summed E-state index contributed by atoms with van der Waals surface area (Å²) < 4.78 is 15.2. The molecule has 6 heteroatoms. The molecule has 5 nitrogen and oxygen atoms in total. The van der Waals surface area contributed by atoms with Gasteiger partial charge in [-0.2, -0.15) is 0 Å². The third kappa shape index (κ3) is 3.39. The van der Waals surface area contributed by atoms with Crippen LogP contribution in [0.3, 0.4) is 0 Å². The average molecular weight is 393 g/mol. The number of rotatable bonds is 2. The first kappa shape index (κ1) is 19.2. The van der Waals surface area contributed by atoms with Crippen molar-refractivity contribution in [1.82, 2.24) is 9.47 Å². The molecular formula is C23H24FN3O2. The molecule has 0 saturated carbocycles. The van der Waals surface area contributed by atoms with Crippen molar-refractivity contribution in [2.75, 3.05) is 31.1 Å². The predicted molar refractivity (Wildman–Crippen MR) is 112 cm³/mol. The third-order valence-electron chi connectivity index (χ3n) is 5.82. The van der Waals surface area contributed by atoms with E-state index in [-0.39, 0.29) is 11.8 Å². The van der Waals surface area contributed by atoms with Crippen molar-refractivity contribution in [3.8, 4) is 0 Å². The van der Waals surface area contributed by atoms with E-state index in [9.17, 15) is 14.0 Å². The summed E-state index contributed by atoms with van der Waals surface area (Å²) in [4.78, 5) is 29.2. The minimum Gasteiger partial charge on any atom is -0.368 e. The van der Waals surface area contributed by atoms with Gasteiger partial charge in [0, 0.05) is 50.4 Å². The van der Waals surface area contributed by atoms with Crippen LogP contribution in [0.15, 0.2) is 42.6 Å². The smallest absolute Gasteiger partial charge is 0.256 e. The van der Waals surface area contributed by atoms with Crippen LogP contribution >= 0.6 is 0 Å². The van der Waals surface area contributed by atoms with Gasteiger partial charge < -0.3 is 9.80 Å². The summed E-state index contributed by atoms with van der Waals surface area (Å²) in [5, 5.41) is 0.474. The van der Waals surface area contributed by atoms with Gasteiger partial charge in [0.2, 0.25) is 5.91 Å². The summed E-state index contributed by atoms with van der Waals surface area (Å²) in [6, 6.07) is 10.4. The monoisotopic (exact) mass is 393 g/mol. The minimum absolute atomic E-state index is 0.166. The van der Waals surface area contributed by atoms with Crippen LogP contribution < -0.4 is 4.90 Å². The molecule has 2 heterocycles. The highest BCUT2D eigenvalue weighted by Gasteiger charge is 2.26. The molecule has 4 rings (SSSR count). The molecule has 0 aliphatic carbocycles. The number of carbonyl (C=O) groups is 2. The molecule has 1 saturated heterocycles. The molecular weight excluding hydrogens is 369 g/mol. The summed E-state index contributed by atoms with van der Waals surface area (Å²) in [7, 11) is 0. The largest absolute Gasteiger partial charge is 0.368 e. The van der Waals surface area contributed by atoms with Crippen molar-refractivity contribution in [2.24, 2.45) is 0 Å². The van der Waals surface area contributed by atoms with Gasteiger partial charge in [-0.3, -0.25) is 14.2 Å². The lowest BCUT2D eigenvalue weighted by atomic mass is 10.1. The molecule has 0 atom stereocenters. The standard InChI is InChI=1S/C23H24FN3O2/c1-15-5-4-6-21(16(15)2)25-9-11-26(12-10-25)23(29)20-14-27(17(3)28)22-8-7-18(24)13-19(20)22/h4-8,13-14H,9-12H2,1-3H3. The first-order valence-corrected chi connectivity index (χ1v) is 9.79. The maximum atomic E-state index is 13.8. The number of anilines is 1. The van der Waals surface area contributed by atoms with Crippen molar-refractivity contribution in [3.05, 3.63) is 65.1 Å². The van der Waals surface area contributed by atoms with E-state index in [1.54, 1.807) is 11.0 Å². The number of carbonyl (C=O) groups excluding carboxylic acids is 2. The van der Waals surface area contributed by atoms with E-state index in [4.69, 9.17) is 0 Å². The molecule has 0 unspecified atom stereocenters. The number of benzene rings is 2. The molecule has 3 aromatic rings. The van der Waals surface area contributed by atoms with Crippen LogP contribution in [0.2, 0.25) is 0 Å². The number of halogens is 1. The summed E-state index contributed by atoms with van der Waals surface area (Å²) in [5.41, 5.74) is 4.63. The highest BCUT2D eigenvalue weighted by molar-refractivity contribution is 6.09. The zero-order valence-corrected chi connectivity index (χ0v) is 16.9. The SMILES string of the molecule is CC(=O)n1cc(C(=O)N2CCN(c3cccc(C)c3C)CC2)c2cc(F)ccc21. The predicted octanol–water partition coefficient (Wildman–Crippen LogP) is 4.02. The lowest BCUT2D eigenvalue weighted by Crippen LogP contribution is -2.49. The summed E-state index contributed by atoms with van der Waals surface area (Å²) >= 11 is 0. The van der Waals surface area contributed by atoms with Crippen LogP contribution in [-0.4, -0.2) is 47.5 Å². The molecule has 0 N–H and O–H groups in total. The fourth-order valence-corrected chi connectivity index (χ4v) is 4.03. The summed E-state index contributed by atoms with van der Waals surface area (Å²) in [5.74, 6) is -0.797. The van der Waals surface area contributed by atoms with Crippen LogP contribution in [0, 0.1) is 19.7 Å². The number of hydrogen-bond acceptors (Lipinski definition) is 3.